The minimum Gasteiger partial charge on any atom is -0.504 e. The molecule has 0 radical (unpaired) electrons. The summed E-state index contributed by atoms with van der Waals surface area (Å²) in [5, 5.41) is 14.0. The molecule has 1 unspecified atom stereocenters. The largest absolute Gasteiger partial charge is 0.504 e. The van der Waals surface area contributed by atoms with Gasteiger partial charge in [0.1, 0.15) is 5.75 Å². The Balaban J connectivity index is 1.90. The van der Waals surface area contributed by atoms with E-state index >= 15 is 0 Å². The quantitative estimate of drug-likeness (QED) is 0.911. The lowest BCUT2D eigenvalue weighted by Crippen LogP contribution is -2.31. The van der Waals surface area contributed by atoms with E-state index < -0.39 is 0 Å². The predicted molar refractivity (Wildman–Crippen MR) is 85.8 cm³/mol. The molecule has 1 heterocycles. The summed E-state index contributed by atoms with van der Waals surface area (Å²) in [6.45, 7) is 0.916. The molecule has 0 aliphatic carbocycles. The first-order chi connectivity index (χ1) is 10.7. The van der Waals surface area contributed by atoms with Crippen LogP contribution in [0.5, 0.6) is 17.2 Å². The SMILES string of the molecule is COc1ccc(CC2NCCc3ccc(OC)c(O)c32)cc1. The Kier molecular flexibility index (Phi) is 4.20. The van der Waals surface area contributed by atoms with Gasteiger partial charge < -0.3 is 19.9 Å². The second kappa shape index (κ2) is 6.28. The van der Waals surface area contributed by atoms with Crippen LogP contribution < -0.4 is 14.8 Å². The maximum Gasteiger partial charge on any atom is 0.162 e. The fourth-order valence-corrected chi connectivity index (χ4v) is 3.06. The van der Waals surface area contributed by atoms with Gasteiger partial charge in [-0.15, -0.1) is 0 Å². The number of hydrogen-bond acceptors (Lipinski definition) is 4. The van der Waals surface area contributed by atoms with Crippen molar-refractivity contribution in [1.29, 1.82) is 0 Å². The van der Waals surface area contributed by atoms with Gasteiger partial charge in [0, 0.05) is 11.6 Å². The van der Waals surface area contributed by atoms with Crippen LogP contribution in [0.1, 0.15) is 22.7 Å². The molecule has 4 heteroatoms. The van der Waals surface area contributed by atoms with Gasteiger partial charge in [-0.25, -0.2) is 0 Å². The zero-order chi connectivity index (χ0) is 15.5. The molecule has 0 saturated heterocycles. The average molecular weight is 299 g/mol. The van der Waals surface area contributed by atoms with Crippen molar-refractivity contribution in [2.75, 3.05) is 20.8 Å². The van der Waals surface area contributed by atoms with Crippen LogP contribution in [0.25, 0.3) is 0 Å². The lowest BCUT2D eigenvalue weighted by Gasteiger charge is -2.28. The normalized spacial score (nSPS) is 16.9. The maximum atomic E-state index is 10.5. The van der Waals surface area contributed by atoms with Gasteiger partial charge in [0.2, 0.25) is 0 Å². The van der Waals surface area contributed by atoms with E-state index in [1.807, 2.05) is 18.2 Å². The predicted octanol–water partition coefficient (Wildman–Crippen LogP) is 2.84. The van der Waals surface area contributed by atoms with E-state index in [0.29, 0.717) is 5.75 Å². The van der Waals surface area contributed by atoms with Crippen molar-refractivity contribution in [1.82, 2.24) is 5.32 Å². The number of methoxy groups -OCH3 is 2. The summed E-state index contributed by atoms with van der Waals surface area (Å²) < 4.78 is 10.4. The van der Waals surface area contributed by atoms with Gasteiger partial charge in [-0.05, 0) is 48.7 Å². The fourth-order valence-electron chi connectivity index (χ4n) is 3.06. The Morgan fingerprint density at radius 3 is 2.55 bits per heavy atom. The number of fused-ring (bicyclic) bond motifs is 1. The van der Waals surface area contributed by atoms with Crippen molar-refractivity contribution >= 4 is 0 Å². The molecule has 0 bridgehead atoms. The summed E-state index contributed by atoms with van der Waals surface area (Å²) >= 11 is 0. The molecule has 0 saturated carbocycles. The summed E-state index contributed by atoms with van der Waals surface area (Å²) in [6, 6.07) is 12.0. The number of hydrogen-bond donors (Lipinski definition) is 2. The first-order valence-electron chi connectivity index (χ1n) is 7.48. The summed E-state index contributed by atoms with van der Waals surface area (Å²) in [5.41, 5.74) is 3.35. The van der Waals surface area contributed by atoms with Crippen LogP contribution in [-0.4, -0.2) is 25.9 Å². The Morgan fingerprint density at radius 1 is 1.09 bits per heavy atom. The molecule has 2 aromatic carbocycles. The van der Waals surface area contributed by atoms with Crippen molar-refractivity contribution in [3.8, 4) is 17.2 Å². The summed E-state index contributed by atoms with van der Waals surface area (Å²) in [7, 11) is 3.24. The molecule has 0 fully saturated rings. The Morgan fingerprint density at radius 2 is 1.86 bits per heavy atom. The van der Waals surface area contributed by atoms with E-state index in [1.165, 1.54) is 11.1 Å². The number of phenolic OH excluding ortho intramolecular Hbond substituents is 1. The minimum atomic E-state index is 0.0900. The molecule has 116 valence electrons. The van der Waals surface area contributed by atoms with Gasteiger partial charge in [0.25, 0.3) is 0 Å². The van der Waals surface area contributed by atoms with Gasteiger partial charge in [-0.1, -0.05) is 18.2 Å². The van der Waals surface area contributed by atoms with Crippen molar-refractivity contribution in [2.24, 2.45) is 0 Å². The van der Waals surface area contributed by atoms with E-state index in [-0.39, 0.29) is 11.8 Å². The minimum absolute atomic E-state index is 0.0900. The van der Waals surface area contributed by atoms with Crippen LogP contribution in [0.2, 0.25) is 0 Å². The molecule has 0 amide bonds. The van der Waals surface area contributed by atoms with Crippen molar-refractivity contribution < 1.29 is 14.6 Å². The number of ether oxygens (including phenoxy) is 2. The van der Waals surface area contributed by atoms with Gasteiger partial charge in [-0.2, -0.15) is 0 Å². The van der Waals surface area contributed by atoms with E-state index in [1.54, 1.807) is 14.2 Å². The van der Waals surface area contributed by atoms with Gasteiger partial charge >= 0.3 is 0 Å². The summed E-state index contributed by atoms with van der Waals surface area (Å²) in [5.74, 6) is 1.64. The molecule has 1 atom stereocenters. The van der Waals surface area contributed by atoms with Crippen LogP contribution in [0.4, 0.5) is 0 Å². The highest BCUT2D eigenvalue weighted by atomic mass is 16.5. The third kappa shape index (κ3) is 2.74. The second-order valence-corrected chi connectivity index (χ2v) is 5.50. The first kappa shape index (κ1) is 14.7. The number of benzene rings is 2. The molecule has 3 rings (SSSR count). The number of aromatic hydroxyl groups is 1. The Hall–Kier alpha value is -2.20. The Labute approximate surface area is 130 Å². The molecule has 0 aromatic heterocycles. The van der Waals surface area contributed by atoms with E-state index in [9.17, 15) is 5.11 Å². The standard InChI is InChI=1S/C18H21NO3/c1-21-14-6-3-12(4-7-14)11-15-17-13(9-10-19-15)5-8-16(22-2)18(17)20/h3-8,15,19-20H,9-11H2,1-2H3. The maximum absolute atomic E-state index is 10.5. The zero-order valence-electron chi connectivity index (χ0n) is 12.9. The van der Waals surface area contributed by atoms with Crippen LogP contribution in [0.15, 0.2) is 36.4 Å². The molecular formula is C18H21NO3. The first-order valence-corrected chi connectivity index (χ1v) is 7.48. The lowest BCUT2D eigenvalue weighted by molar-refractivity contribution is 0.361. The summed E-state index contributed by atoms with van der Waals surface area (Å²) in [4.78, 5) is 0. The third-order valence-electron chi connectivity index (χ3n) is 4.22. The molecule has 1 aliphatic rings. The van der Waals surface area contributed by atoms with Crippen LogP contribution in [0, 0.1) is 0 Å². The molecular weight excluding hydrogens is 278 g/mol. The van der Waals surface area contributed by atoms with Crippen molar-refractivity contribution in [3.05, 3.63) is 53.1 Å². The molecule has 4 nitrogen and oxygen atoms in total. The zero-order valence-corrected chi connectivity index (χ0v) is 12.9. The molecule has 2 N–H and O–H groups in total. The highest BCUT2D eigenvalue weighted by molar-refractivity contribution is 5.52. The Bertz CT molecular complexity index is 652. The highest BCUT2D eigenvalue weighted by Gasteiger charge is 2.25. The smallest absolute Gasteiger partial charge is 0.162 e. The monoisotopic (exact) mass is 299 g/mol. The van der Waals surface area contributed by atoms with Crippen LogP contribution >= 0.6 is 0 Å². The van der Waals surface area contributed by atoms with Crippen molar-refractivity contribution in [2.45, 2.75) is 18.9 Å². The average Bonchev–Trinajstić information content (AvgIpc) is 2.56. The molecule has 0 spiro atoms. The summed E-state index contributed by atoms with van der Waals surface area (Å²) in [6.07, 6.45) is 1.74. The molecule has 1 aliphatic heterocycles. The number of nitrogens with one attached hydrogen (secondary N) is 1. The van der Waals surface area contributed by atoms with Crippen molar-refractivity contribution in [3.63, 3.8) is 0 Å². The van der Waals surface area contributed by atoms with E-state index in [2.05, 4.69) is 23.5 Å². The lowest BCUT2D eigenvalue weighted by atomic mass is 9.89. The second-order valence-electron chi connectivity index (χ2n) is 5.50. The number of phenols is 1. The van der Waals surface area contributed by atoms with E-state index in [0.717, 1.165) is 30.7 Å². The highest BCUT2D eigenvalue weighted by Crippen LogP contribution is 2.39. The molecule has 22 heavy (non-hydrogen) atoms. The van der Waals surface area contributed by atoms with Gasteiger partial charge in [-0.3, -0.25) is 0 Å². The van der Waals surface area contributed by atoms with Crippen LogP contribution in [0.3, 0.4) is 0 Å². The van der Waals surface area contributed by atoms with E-state index in [4.69, 9.17) is 9.47 Å². The third-order valence-corrected chi connectivity index (χ3v) is 4.22. The topological polar surface area (TPSA) is 50.7 Å². The van der Waals surface area contributed by atoms with Gasteiger partial charge in [0.05, 0.1) is 14.2 Å². The van der Waals surface area contributed by atoms with Gasteiger partial charge in [0.15, 0.2) is 11.5 Å². The molecule has 2 aromatic rings. The van der Waals surface area contributed by atoms with Crippen LogP contribution in [-0.2, 0) is 12.8 Å². The fraction of sp³-hybridized carbons (Fsp3) is 0.333. The number of rotatable bonds is 4.